The molecule has 2 aromatic rings. The molecule has 9 heteroatoms. The molecule has 4 rings (SSSR count). The van der Waals surface area contributed by atoms with E-state index in [0.29, 0.717) is 17.1 Å². The van der Waals surface area contributed by atoms with E-state index in [9.17, 15) is 24.3 Å². The predicted molar refractivity (Wildman–Crippen MR) is 102 cm³/mol. The Bertz CT molecular complexity index is 1050. The number of carbonyl (C=O) groups is 4. The zero-order valence-corrected chi connectivity index (χ0v) is 16.2. The topological polar surface area (TPSA) is 113 Å². The van der Waals surface area contributed by atoms with Gasteiger partial charge in [0.25, 0.3) is 11.8 Å². The lowest BCUT2D eigenvalue weighted by molar-refractivity contribution is -0.170. The molecule has 2 aliphatic rings. The highest BCUT2D eigenvalue weighted by Gasteiger charge is 2.59. The number of β-lactam (4-membered cyclic amide) rings is 1. The van der Waals surface area contributed by atoms with E-state index in [4.69, 9.17) is 9.47 Å². The van der Waals surface area contributed by atoms with Crippen LogP contribution in [0.3, 0.4) is 0 Å². The Kier molecular flexibility index (Phi) is 4.65. The quantitative estimate of drug-likeness (QED) is 0.562. The molecule has 3 amide bonds. The minimum absolute atomic E-state index is 0.0529. The number of carboxylic acid groups (broad SMARTS) is 1. The van der Waals surface area contributed by atoms with Crippen molar-refractivity contribution < 1.29 is 33.8 Å². The van der Waals surface area contributed by atoms with Crippen LogP contribution in [0.25, 0.3) is 0 Å². The van der Waals surface area contributed by atoms with Crippen LogP contribution in [0.4, 0.5) is 0 Å². The molecule has 2 atom stereocenters. The summed E-state index contributed by atoms with van der Waals surface area (Å²) in [7, 11) is 2.95. The number of carbonyl (C=O) groups excluding carboxylic acids is 3. The summed E-state index contributed by atoms with van der Waals surface area (Å²) in [5, 5.41) is 9.73. The van der Waals surface area contributed by atoms with Crippen LogP contribution in [-0.4, -0.2) is 64.9 Å². The van der Waals surface area contributed by atoms with E-state index < -0.39 is 35.8 Å². The molecule has 1 fully saturated rings. The van der Waals surface area contributed by atoms with Crippen LogP contribution < -0.4 is 9.47 Å². The Labute approximate surface area is 171 Å². The molecule has 2 heterocycles. The maximum atomic E-state index is 12.9. The van der Waals surface area contributed by atoms with Gasteiger partial charge < -0.3 is 19.5 Å². The second-order valence-corrected chi connectivity index (χ2v) is 6.90. The summed E-state index contributed by atoms with van der Waals surface area (Å²) in [6, 6.07) is 8.38. The molecule has 0 saturated carbocycles. The maximum absolute atomic E-state index is 12.9. The fourth-order valence-electron chi connectivity index (χ4n) is 3.85. The van der Waals surface area contributed by atoms with Crippen molar-refractivity contribution in [3.8, 4) is 11.5 Å². The first kappa shape index (κ1) is 19.4. The Balaban J connectivity index is 1.62. The molecule has 154 valence electrons. The van der Waals surface area contributed by atoms with Crippen molar-refractivity contribution in [1.29, 1.82) is 0 Å². The van der Waals surface area contributed by atoms with Gasteiger partial charge in [0.05, 0.1) is 31.9 Å². The largest absolute Gasteiger partial charge is 0.497 e. The van der Waals surface area contributed by atoms with Crippen molar-refractivity contribution in [2.45, 2.75) is 18.6 Å². The van der Waals surface area contributed by atoms with Crippen LogP contribution >= 0.6 is 0 Å². The lowest BCUT2D eigenvalue weighted by atomic mass is 9.92. The van der Waals surface area contributed by atoms with Gasteiger partial charge in [-0.1, -0.05) is 12.1 Å². The van der Waals surface area contributed by atoms with Crippen LogP contribution in [0.1, 0.15) is 26.3 Å². The van der Waals surface area contributed by atoms with Crippen molar-refractivity contribution in [3.05, 3.63) is 59.2 Å². The van der Waals surface area contributed by atoms with E-state index in [0.717, 1.165) is 9.80 Å². The molecule has 0 aliphatic carbocycles. The Hall–Kier alpha value is -3.88. The number of fused-ring (bicyclic) bond motifs is 1. The zero-order chi connectivity index (χ0) is 21.6. The van der Waals surface area contributed by atoms with Crippen molar-refractivity contribution >= 4 is 23.7 Å². The molecule has 0 aromatic heterocycles. The third kappa shape index (κ3) is 2.78. The number of amides is 3. The van der Waals surface area contributed by atoms with Crippen molar-refractivity contribution in [1.82, 2.24) is 9.80 Å². The molecule has 1 N–H and O–H groups in total. The molecule has 2 aromatic carbocycles. The molecular formula is C21H18N2O7. The van der Waals surface area contributed by atoms with E-state index in [1.54, 1.807) is 30.3 Å². The minimum atomic E-state index is -1.39. The fraction of sp³-hybridized carbons (Fsp3) is 0.238. The molecule has 0 radical (unpaired) electrons. The average Bonchev–Trinajstić information content (AvgIpc) is 3.00. The van der Waals surface area contributed by atoms with Gasteiger partial charge in [0, 0.05) is 11.6 Å². The van der Waals surface area contributed by atoms with Crippen LogP contribution in [0, 0.1) is 0 Å². The summed E-state index contributed by atoms with van der Waals surface area (Å²) < 4.78 is 10.4. The normalized spacial score (nSPS) is 20.1. The molecule has 1 saturated heterocycles. The second kappa shape index (κ2) is 7.18. The molecule has 0 spiro atoms. The SMILES string of the molecule is COc1ccc(CN2C(=O)[C@@H](N3C(=O)c4ccccc4C3=O)[C@H]2C(=O)O)c(OC)c1. The van der Waals surface area contributed by atoms with Gasteiger partial charge in [-0.2, -0.15) is 0 Å². The number of imide groups is 1. The van der Waals surface area contributed by atoms with Crippen molar-refractivity contribution in [2.75, 3.05) is 14.2 Å². The van der Waals surface area contributed by atoms with E-state index in [1.807, 2.05) is 0 Å². The molecule has 30 heavy (non-hydrogen) atoms. The summed E-state index contributed by atoms with van der Waals surface area (Å²) in [6.07, 6.45) is 0. The Morgan fingerprint density at radius 3 is 2.17 bits per heavy atom. The summed E-state index contributed by atoms with van der Waals surface area (Å²) in [5.74, 6) is -2.28. The van der Waals surface area contributed by atoms with Gasteiger partial charge in [0.15, 0.2) is 12.1 Å². The highest BCUT2D eigenvalue weighted by Crippen LogP contribution is 2.35. The van der Waals surface area contributed by atoms with Gasteiger partial charge in [-0.15, -0.1) is 0 Å². The monoisotopic (exact) mass is 410 g/mol. The third-order valence-electron chi connectivity index (χ3n) is 5.36. The number of likely N-dealkylation sites (tertiary alicyclic amines) is 1. The highest BCUT2D eigenvalue weighted by atomic mass is 16.5. The number of hydrogen-bond acceptors (Lipinski definition) is 6. The first-order valence-electron chi connectivity index (χ1n) is 9.10. The lowest BCUT2D eigenvalue weighted by Crippen LogP contribution is -2.73. The first-order chi connectivity index (χ1) is 14.4. The number of rotatable bonds is 6. The minimum Gasteiger partial charge on any atom is -0.497 e. The van der Waals surface area contributed by atoms with Crippen LogP contribution in [0.5, 0.6) is 11.5 Å². The summed E-state index contributed by atoms with van der Waals surface area (Å²) in [6.45, 7) is -0.0529. The highest BCUT2D eigenvalue weighted by molar-refractivity contribution is 6.24. The molecule has 0 unspecified atom stereocenters. The van der Waals surface area contributed by atoms with E-state index in [-0.39, 0.29) is 17.7 Å². The predicted octanol–water partition coefficient (Wildman–Crippen LogP) is 1.16. The van der Waals surface area contributed by atoms with Gasteiger partial charge >= 0.3 is 5.97 Å². The number of nitrogens with zero attached hydrogens (tertiary/aromatic N) is 2. The molecule has 2 aliphatic heterocycles. The molecular weight excluding hydrogens is 392 g/mol. The average molecular weight is 410 g/mol. The standard InChI is InChI=1S/C21H18N2O7/c1-29-12-8-7-11(15(9-12)30-2)10-22-17(21(27)28)16(20(22)26)23-18(24)13-5-3-4-6-14(13)19(23)25/h3-9,16-17H,10H2,1-2H3,(H,27,28)/t16-,17-/m0/s1. The Morgan fingerprint density at radius 1 is 1.00 bits per heavy atom. The van der Waals surface area contributed by atoms with Crippen LogP contribution in [-0.2, 0) is 16.1 Å². The van der Waals surface area contributed by atoms with E-state index >= 15 is 0 Å². The number of benzene rings is 2. The first-order valence-corrected chi connectivity index (χ1v) is 9.10. The summed E-state index contributed by atoms with van der Waals surface area (Å²) in [4.78, 5) is 52.1. The lowest BCUT2D eigenvalue weighted by Gasteiger charge is -2.47. The van der Waals surface area contributed by atoms with Gasteiger partial charge in [-0.3, -0.25) is 19.3 Å². The number of ether oxygens (including phenoxy) is 2. The zero-order valence-electron chi connectivity index (χ0n) is 16.2. The van der Waals surface area contributed by atoms with Crippen LogP contribution in [0.15, 0.2) is 42.5 Å². The van der Waals surface area contributed by atoms with Crippen molar-refractivity contribution in [2.24, 2.45) is 0 Å². The Morgan fingerprint density at radius 2 is 1.63 bits per heavy atom. The van der Waals surface area contributed by atoms with Crippen molar-refractivity contribution in [3.63, 3.8) is 0 Å². The maximum Gasteiger partial charge on any atom is 0.329 e. The van der Waals surface area contributed by atoms with Gasteiger partial charge in [0.1, 0.15) is 11.5 Å². The fourth-order valence-corrected chi connectivity index (χ4v) is 3.85. The molecule has 0 bridgehead atoms. The van der Waals surface area contributed by atoms with E-state index in [2.05, 4.69) is 0 Å². The number of hydrogen-bond donors (Lipinski definition) is 1. The molecule has 9 nitrogen and oxygen atoms in total. The number of aliphatic carboxylic acids is 1. The van der Waals surface area contributed by atoms with Gasteiger partial charge in [-0.25, -0.2) is 4.79 Å². The van der Waals surface area contributed by atoms with Gasteiger partial charge in [-0.05, 0) is 24.3 Å². The number of carboxylic acids is 1. The second-order valence-electron chi connectivity index (χ2n) is 6.90. The summed E-state index contributed by atoms with van der Waals surface area (Å²) in [5.41, 5.74) is 0.892. The summed E-state index contributed by atoms with van der Waals surface area (Å²) >= 11 is 0. The smallest absolute Gasteiger partial charge is 0.329 e. The number of methoxy groups -OCH3 is 2. The van der Waals surface area contributed by atoms with Gasteiger partial charge in [0.2, 0.25) is 5.91 Å². The third-order valence-corrected chi connectivity index (χ3v) is 5.36. The van der Waals surface area contributed by atoms with E-state index in [1.165, 1.54) is 26.4 Å². The van der Waals surface area contributed by atoms with Crippen LogP contribution in [0.2, 0.25) is 0 Å².